The Labute approximate surface area is 124 Å². The van der Waals surface area contributed by atoms with Gasteiger partial charge in [-0.3, -0.25) is 10.1 Å². The van der Waals surface area contributed by atoms with Crippen molar-refractivity contribution in [3.05, 3.63) is 34.4 Å². The number of nitrogens with zero attached hydrogens (tertiary/aromatic N) is 1. The van der Waals surface area contributed by atoms with Crippen LogP contribution < -0.4 is 4.74 Å². The van der Waals surface area contributed by atoms with Crippen molar-refractivity contribution in [2.24, 2.45) is 5.92 Å². The highest BCUT2D eigenvalue weighted by Gasteiger charge is 2.13. The summed E-state index contributed by atoms with van der Waals surface area (Å²) in [4.78, 5) is 21.6. The van der Waals surface area contributed by atoms with Crippen LogP contribution in [0.1, 0.15) is 39.5 Å². The molecule has 0 bridgehead atoms. The van der Waals surface area contributed by atoms with Crippen molar-refractivity contribution in [1.29, 1.82) is 0 Å². The van der Waals surface area contributed by atoms with Gasteiger partial charge in [-0.2, -0.15) is 0 Å². The lowest BCUT2D eigenvalue weighted by atomic mass is 10.00. The molecule has 0 N–H and O–H groups in total. The Morgan fingerprint density at radius 2 is 1.76 bits per heavy atom. The summed E-state index contributed by atoms with van der Waals surface area (Å²) in [5, 5.41) is 10.5. The second-order valence-electron chi connectivity index (χ2n) is 4.86. The molecule has 0 spiro atoms. The van der Waals surface area contributed by atoms with E-state index >= 15 is 0 Å². The van der Waals surface area contributed by atoms with Gasteiger partial charge < -0.3 is 9.47 Å². The van der Waals surface area contributed by atoms with Crippen LogP contribution in [0.25, 0.3) is 0 Å². The van der Waals surface area contributed by atoms with E-state index in [1.165, 1.54) is 24.3 Å². The summed E-state index contributed by atoms with van der Waals surface area (Å²) in [7, 11) is 0. The third-order valence-corrected chi connectivity index (χ3v) is 3.08. The molecule has 0 amide bonds. The van der Waals surface area contributed by atoms with E-state index < -0.39 is 11.1 Å². The van der Waals surface area contributed by atoms with Gasteiger partial charge in [-0.05, 0) is 30.9 Å². The number of ether oxygens (including phenoxy) is 2. The van der Waals surface area contributed by atoms with Crippen LogP contribution in [0.3, 0.4) is 0 Å². The normalized spacial score (nSPS) is 10.4. The maximum Gasteiger partial charge on any atom is 0.513 e. The topological polar surface area (TPSA) is 78.7 Å². The minimum absolute atomic E-state index is 0.0540. The van der Waals surface area contributed by atoms with Gasteiger partial charge >= 0.3 is 6.16 Å². The molecule has 0 unspecified atom stereocenters. The van der Waals surface area contributed by atoms with Crippen LogP contribution in [0.5, 0.6) is 5.75 Å². The molecule has 21 heavy (non-hydrogen) atoms. The molecule has 6 nitrogen and oxygen atoms in total. The Hall–Kier alpha value is -2.11. The summed E-state index contributed by atoms with van der Waals surface area (Å²) in [6, 6.07) is 5.29. The van der Waals surface area contributed by atoms with Crippen molar-refractivity contribution in [3.8, 4) is 5.75 Å². The number of non-ortho nitro benzene ring substituents is 1. The van der Waals surface area contributed by atoms with Gasteiger partial charge in [0.15, 0.2) is 0 Å². The molecule has 0 saturated carbocycles. The lowest BCUT2D eigenvalue weighted by Gasteiger charge is -2.14. The molecule has 0 atom stereocenters. The number of hydrogen-bond acceptors (Lipinski definition) is 5. The van der Waals surface area contributed by atoms with Crippen molar-refractivity contribution in [2.75, 3.05) is 6.61 Å². The van der Waals surface area contributed by atoms with E-state index in [1.807, 2.05) is 0 Å². The molecule has 6 heteroatoms. The summed E-state index contributed by atoms with van der Waals surface area (Å²) in [6.07, 6.45) is 3.34. The molecule has 1 aromatic rings. The van der Waals surface area contributed by atoms with Gasteiger partial charge in [-0.15, -0.1) is 0 Å². The highest BCUT2D eigenvalue weighted by molar-refractivity contribution is 5.63. The first-order valence-electron chi connectivity index (χ1n) is 7.15. The lowest BCUT2D eigenvalue weighted by molar-refractivity contribution is -0.384. The van der Waals surface area contributed by atoms with Gasteiger partial charge in [0.25, 0.3) is 5.69 Å². The monoisotopic (exact) mass is 295 g/mol. The van der Waals surface area contributed by atoms with Gasteiger partial charge in [0.05, 0.1) is 11.5 Å². The average Bonchev–Trinajstić information content (AvgIpc) is 2.46. The minimum Gasteiger partial charge on any atom is -0.434 e. The second-order valence-corrected chi connectivity index (χ2v) is 4.86. The molecule has 0 aliphatic heterocycles. The molecule has 0 aromatic heterocycles. The van der Waals surface area contributed by atoms with Crippen molar-refractivity contribution < 1.29 is 19.2 Å². The molecule has 0 radical (unpaired) electrons. The second kappa shape index (κ2) is 8.94. The fourth-order valence-electron chi connectivity index (χ4n) is 2.07. The largest absolute Gasteiger partial charge is 0.513 e. The van der Waals surface area contributed by atoms with Crippen LogP contribution in [0.15, 0.2) is 24.3 Å². The van der Waals surface area contributed by atoms with Crippen LogP contribution in [0.2, 0.25) is 0 Å². The summed E-state index contributed by atoms with van der Waals surface area (Å²) in [5.74, 6) is 0.581. The Morgan fingerprint density at radius 1 is 1.19 bits per heavy atom. The van der Waals surface area contributed by atoms with Crippen molar-refractivity contribution >= 4 is 11.8 Å². The maximum absolute atomic E-state index is 11.6. The molecule has 1 rings (SSSR count). The van der Waals surface area contributed by atoms with E-state index in [0.717, 1.165) is 25.7 Å². The number of hydrogen-bond donors (Lipinski definition) is 0. The first kappa shape index (κ1) is 16.9. The first-order valence-corrected chi connectivity index (χ1v) is 7.15. The van der Waals surface area contributed by atoms with Crippen molar-refractivity contribution in [1.82, 2.24) is 0 Å². The SMILES string of the molecule is CCCC(CCC)COC(=O)Oc1ccc([N+](=O)[O-])cc1. The molecule has 0 aliphatic carbocycles. The summed E-state index contributed by atoms with van der Waals surface area (Å²) >= 11 is 0. The molecule has 1 aromatic carbocycles. The lowest BCUT2D eigenvalue weighted by Crippen LogP contribution is -2.17. The van der Waals surface area contributed by atoms with Crippen LogP contribution >= 0.6 is 0 Å². The van der Waals surface area contributed by atoms with Crippen molar-refractivity contribution in [2.45, 2.75) is 39.5 Å². The van der Waals surface area contributed by atoms with Gasteiger partial charge in [-0.25, -0.2) is 4.79 Å². The highest BCUT2D eigenvalue weighted by Crippen LogP contribution is 2.18. The number of carbonyl (C=O) groups is 1. The predicted molar refractivity (Wildman–Crippen MR) is 78.4 cm³/mol. The molecule has 116 valence electrons. The fraction of sp³-hybridized carbons (Fsp3) is 0.533. The molecule has 0 fully saturated rings. The molecular formula is C15H21NO5. The average molecular weight is 295 g/mol. The van der Waals surface area contributed by atoms with E-state index in [9.17, 15) is 14.9 Å². The van der Waals surface area contributed by atoms with Crippen molar-refractivity contribution in [3.63, 3.8) is 0 Å². The van der Waals surface area contributed by atoms with E-state index in [2.05, 4.69) is 13.8 Å². The smallest absolute Gasteiger partial charge is 0.434 e. The Balaban J connectivity index is 2.43. The number of nitro groups is 1. The third kappa shape index (κ3) is 6.25. The molecule has 0 aliphatic rings. The zero-order chi connectivity index (χ0) is 15.7. The van der Waals surface area contributed by atoms with Crippen LogP contribution in [0.4, 0.5) is 10.5 Å². The first-order chi connectivity index (χ1) is 10.1. The van der Waals surface area contributed by atoms with E-state index in [1.54, 1.807) is 0 Å². The Bertz CT molecular complexity index is 452. The quantitative estimate of drug-likeness (QED) is 0.309. The van der Waals surface area contributed by atoms with Crippen LogP contribution in [0, 0.1) is 16.0 Å². The maximum atomic E-state index is 11.6. The molecular weight excluding hydrogens is 274 g/mol. The zero-order valence-corrected chi connectivity index (χ0v) is 12.4. The summed E-state index contributed by atoms with van der Waals surface area (Å²) < 4.78 is 10.1. The zero-order valence-electron chi connectivity index (χ0n) is 12.4. The van der Waals surface area contributed by atoms with E-state index in [4.69, 9.17) is 9.47 Å². The molecule has 0 heterocycles. The summed E-state index contributed by atoms with van der Waals surface area (Å²) in [6.45, 7) is 4.53. The van der Waals surface area contributed by atoms with Gasteiger partial charge in [0, 0.05) is 12.1 Å². The number of nitro benzene ring substituents is 1. The summed E-state index contributed by atoms with van der Waals surface area (Å²) in [5.41, 5.74) is -0.0540. The molecule has 0 saturated heterocycles. The van der Waals surface area contributed by atoms with E-state index in [0.29, 0.717) is 12.5 Å². The number of rotatable bonds is 8. The fourth-order valence-corrected chi connectivity index (χ4v) is 2.07. The number of benzene rings is 1. The van der Waals surface area contributed by atoms with Crippen LogP contribution in [-0.4, -0.2) is 17.7 Å². The van der Waals surface area contributed by atoms with Crippen LogP contribution in [-0.2, 0) is 4.74 Å². The third-order valence-electron chi connectivity index (χ3n) is 3.08. The Morgan fingerprint density at radius 3 is 2.24 bits per heavy atom. The minimum atomic E-state index is -0.777. The highest BCUT2D eigenvalue weighted by atomic mass is 16.7. The van der Waals surface area contributed by atoms with Gasteiger partial charge in [0.1, 0.15) is 5.75 Å². The number of carbonyl (C=O) groups excluding carboxylic acids is 1. The predicted octanol–water partition coefficient (Wildman–Crippen LogP) is 4.33. The Kier molecular flexibility index (Phi) is 7.21. The van der Waals surface area contributed by atoms with Gasteiger partial charge in [0.2, 0.25) is 0 Å². The van der Waals surface area contributed by atoms with E-state index in [-0.39, 0.29) is 11.4 Å². The standard InChI is InChI=1S/C15H21NO5/c1-3-5-12(6-4-2)11-20-15(17)21-14-9-7-13(8-10-14)16(18)19/h7-10,12H,3-6,11H2,1-2H3. The van der Waals surface area contributed by atoms with Gasteiger partial charge in [-0.1, -0.05) is 26.7 Å².